The number of fused-ring (bicyclic) bond motifs is 1. The Bertz CT molecular complexity index is 992. The number of carbonyl (C=O) groups is 1. The second kappa shape index (κ2) is 8.51. The number of nitrogens with one attached hydrogen (secondary N) is 1. The minimum absolute atomic E-state index is 0.0829. The van der Waals surface area contributed by atoms with Crippen molar-refractivity contribution in [3.05, 3.63) is 53.1 Å². The van der Waals surface area contributed by atoms with Crippen LogP contribution in [0.1, 0.15) is 19.4 Å². The minimum atomic E-state index is -3.60. The number of ether oxygens (including phenoxy) is 2. The molecule has 0 spiro atoms. The molecule has 0 bridgehead atoms. The first kappa shape index (κ1) is 21.3. The van der Waals surface area contributed by atoms with Gasteiger partial charge in [0.2, 0.25) is 10.0 Å². The molecule has 0 saturated carbocycles. The molecule has 1 N–H and O–H groups in total. The largest absolute Gasteiger partial charge is 0.491 e. The standard InChI is InChI=1S/C20H23ClN2O5S/c1-13(2)27-16-7-4-14(5-8-16)11-22-20(24)19-12-23(29(3,25)26)17-10-15(21)6-9-18(17)28-19/h4-10,13,19H,11-12H2,1-3H3,(H,22,24). The summed E-state index contributed by atoms with van der Waals surface area (Å²) in [4.78, 5) is 12.6. The molecule has 0 saturated heterocycles. The van der Waals surface area contributed by atoms with Gasteiger partial charge in [-0.2, -0.15) is 0 Å². The van der Waals surface area contributed by atoms with Gasteiger partial charge in [-0.1, -0.05) is 23.7 Å². The molecule has 1 aliphatic rings. The van der Waals surface area contributed by atoms with Crippen molar-refractivity contribution < 1.29 is 22.7 Å². The molecule has 1 amide bonds. The lowest BCUT2D eigenvalue weighted by Gasteiger charge is -2.34. The zero-order chi connectivity index (χ0) is 21.2. The van der Waals surface area contributed by atoms with E-state index in [0.717, 1.165) is 21.9 Å². The van der Waals surface area contributed by atoms with Gasteiger partial charge >= 0.3 is 0 Å². The normalized spacial score (nSPS) is 16.2. The Morgan fingerprint density at radius 1 is 1.28 bits per heavy atom. The summed E-state index contributed by atoms with van der Waals surface area (Å²) in [5, 5.41) is 3.17. The quantitative estimate of drug-likeness (QED) is 0.749. The summed E-state index contributed by atoms with van der Waals surface area (Å²) in [6.07, 6.45) is 0.195. The Kier molecular flexibility index (Phi) is 6.24. The molecule has 0 aliphatic carbocycles. The van der Waals surface area contributed by atoms with Crippen molar-refractivity contribution in [1.29, 1.82) is 0 Å². The third-order valence-corrected chi connectivity index (χ3v) is 5.63. The first-order valence-electron chi connectivity index (χ1n) is 9.10. The molecule has 1 aliphatic heterocycles. The van der Waals surface area contributed by atoms with Gasteiger partial charge in [-0.15, -0.1) is 0 Å². The predicted octanol–water partition coefficient (Wildman–Crippen LogP) is 2.97. The van der Waals surface area contributed by atoms with Crippen LogP contribution in [0, 0.1) is 0 Å². The topological polar surface area (TPSA) is 84.9 Å². The maximum Gasteiger partial charge on any atom is 0.263 e. The summed E-state index contributed by atoms with van der Waals surface area (Å²) in [6, 6.07) is 12.0. The van der Waals surface area contributed by atoms with Gasteiger partial charge in [0.25, 0.3) is 5.91 Å². The highest BCUT2D eigenvalue weighted by molar-refractivity contribution is 7.92. The van der Waals surface area contributed by atoms with Gasteiger partial charge in [-0.05, 0) is 49.7 Å². The molecule has 0 aromatic heterocycles. The summed E-state index contributed by atoms with van der Waals surface area (Å²) in [5.41, 5.74) is 1.21. The van der Waals surface area contributed by atoms with Crippen LogP contribution < -0.4 is 19.1 Å². The third kappa shape index (κ3) is 5.33. The Balaban J connectivity index is 1.69. The number of nitrogens with zero attached hydrogens (tertiary/aromatic N) is 1. The number of halogens is 1. The summed E-state index contributed by atoms with van der Waals surface area (Å²) >= 11 is 5.98. The molecule has 1 heterocycles. The summed E-state index contributed by atoms with van der Waals surface area (Å²) in [6.45, 7) is 4.06. The number of carbonyl (C=O) groups excluding carboxylic acids is 1. The van der Waals surface area contributed by atoms with Crippen molar-refractivity contribution in [2.45, 2.75) is 32.6 Å². The van der Waals surface area contributed by atoms with Gasteiger partial charge in [-0.3, -0.25) is 9.10 Å². The predicted molar refractivity (Wildman–Crippen MR) is 112 cm³/mol. The molecular formula is C20H23ClN2O5S. The average molecular weight is 439 g/mol. The first-order chi connectivity index (χ1) is 13.6. The lowest BCUT2D eigenvalue weighted by atomic mass is 10.2. The van der Waals surface area contributed by atoms with Gasteiger partial charge in [0.1, 0.15) is 11.5 Å². The van der Waals surface area contributed by atoms with Crippen LogP contribution >= 0.6 is 11.6 Å². The first-order valence-corrected chi connectivity index (χ1v) is 11.3. The second-order valence-corrected chi connectivity index (χ2v) is 9.38. The van der Waals surface area contributed by atoms with Gasteiger partial charge in [0.05, 0.1) is 24.6 Å². The number of anilines is 1. The van der Waals surface area contributed by atoms with E-state index in [9.17, 15) is 13.2 Å². The fourth-order valence-electron chi connectivity index (χ4n) is 2.94. The number of rotatable bonds is 6. The molecule has 1 atom stereocenters. The van der Waals surface area contributed by atoms with Crippen molar-refractivity contribution >= 4 is 33.2 Å². The van der Waals surface area contributed by atoms with Crippen molar-refractivity contribution in [3.63, 3.8) is 0 Å². The van der Waals surface area contributed by atoms with E-state index in [-0.39, 0.29) is 19.2 Å². The average Bonchev–Trinajstić information content (AvgIpc) is 2.65. The molecule has 2 aromatic rings. The van der Waals surface area contributed by atoms with E-state index in [0.29, 0.717) is 16.5 Å². The zero-order valence-electron chi connectivity index (χ0n) is 16.4. The van der Waals surface area contributed by atoms with E-state index < -0.39 is 22.0 Å². The Morgan fingerprint density at radius 3 is 2.59 bits per heavy atom. The maximum atomic E-state index is 12.6. The van der Waals surface area contributed by atoms with E-state index in [1.54, 1.807) is 12.1 Å². The van der Waals surface area contributed by atoms with E-state index in [1.165, 1.54) is 6.07 Å². The molecule has 1 unspecified atom stereocenters. The third-order valence-electron chi connectivity index (χ3n) is 4.25. The van der Waals surface area contributed by atoms with Crippen LogP contribution in [-0.4, -0.2) is 39.3 Å². The van der Waals surface area contributed by atoms with Gasteiger partial charge in [0, 0.05) is 11.6 Å². The molecule has 2 aromatic carbocycles. The molecule has 156 valence electrons. The van der Waals surface area contributed by atoms with Gasteiger partial charge < -0.3 is 14.8 Å². The van der Waals surface area contributed by atoms with Crippen LogP contribution in [0.5, 0.6) is 11.5 Å². The van der Waals surface area contributed by atoms with Crippen LogP contribution in [0.3, 0.4) is 0 Å². The molecule has 3 rings (SSSR count). The van der Waals surface area contributed by atoms with Crippen molar-refractivity contribution in [2.75, 3.05) is 17.1 Å². The van der Waals surface area contributed by atoms with Crippen LogP contribution in [0.25, 0.3) is 0 Å². The van der Waals surface area contributed by atoms with E-state index in [1.807, 2.05) is 38.1 Å². The van der Waals surface area contributed by atoms with Crippen molar-refractivity contribution in [2.24, 2.45) is 0 Å². The number of hydrogen-bond acceptors (Lipinski definition) is 5. The summed E-state index contributed by atoms with van der Waals surface area (Å²) < 4.78 is 36.9. The smallest absolute Gasteiger partial charge is 0.263 e. The van der Waals surface area contributed by atoms with Crippen LogP contribution in [0.15, 0.2) is 42.5 Å². The molecule has 29 heavy (non-hydrogen) atoms. The monoisotopic (exact) mass is 438 g/mol. The van der Waals surface area contributed by atoms with Crippen LogP contribution in [-0.2, 0) is 21.4 Å². The number of benzene rings is 2. The lowest BCUT2D eigenvalue weighted by Crippen LogP contribution is -2.50. The fourth-order valence-corrected chi connectivity index (χ4v) is 4.01. The number of amides is 1. The summed E-state index contributed by atoms with van der Waals surface area (Å²) in [5.74, 6) is 0.646. The Labute approximate surface area is 175 Å². The Hall–Kier alpha value is -2.45. The fraction of sp³-hybridized carbons (Fsp3) is 0.350. The number of hydrogen-bond donors (Lipinski definition) is 1. The van der Waals surface area contributed by atoms with Gasteiger partial charge in [0.15, 0.2) is 6.10 Å². The van der Waals surface area contributed by atoms with E-state index in [4.69, 9.17) is 21.1 Å². The molecule has 9 heteroatoms. The Morgan fingerprint density at radius 2 is 1.97 bits per heavy atom. The van der Waals surface area contributed by atoms with Crippen molar-refractivity contribution in [1.82, 2.24) is 5.32 Å². The maximum absolute atomic E-state index is 12.6. The van der Waals surface area contributed by atoms with Crippen LogP contribution in [0.2, 0.25) is 5.02 Å². The summed E-state index contributed by atoms with van der Waals surface area (Å²) in [7, 11) is -3.60. The zero-order valence-corrected chi connectivity index (χ0v) is 18.0. The van der Waals surface area contributed by atoms with E-state index >= 15 is 0 Å². The highest BCUT2D eigenvalue weighted by Crippen LogP contribution is 2.37. The lowest BCUT2D eigenvalue weighted by molar-refractivity contribution is -0.127. The number of sulfonamides is 1. The minimum Gasteiger partial charge on any atom is -0.491 e. The second-order valence-electron chi connectivity index (χ2n) is 7.04. The highest BCUT2D eigenvalue weighted by Gasteiger charge is 2.35. The van der Waals surface area contributed by atoms with Crippen molar-refractivity contribution in [3.8, 4) is 11.5 Å². The highest BCUT2D eigenvalue weighted by atomic mass is 35.5. The molecule has 7 nitrogen and oxygen atoms in total. The van der Waals surface area contributed by atoms with Gasteiger partial charge in [-0.25, -0.2) is 8.42 Å². The van der Waals surface area contributed by atoms with E-state index in [2.05, 4.69) is 5.32 Å². The SMILES string of the molecule is CC(C)Oc1ccc(CNC(=O)C2CN(S(C)(=O)=O)c3cc(Cl)ccc3O2)cc1. The molecule has 0 fully saturated rings. The van der Waals surface area contributed by atoms with Crippen LogP contribution in [0.4, 0.5) is 5.69 Å². The molecule has 0 radical (unpaired) electrons. The molecular weight excluding hydrogens is 416 g/mol.